The summed E-state index contributed by atoms with van der Waals surface area (Å²) >= 11 is 1.60. The van der Waals surface area contributed by atoms with Gasteiger partial charge in [0.25, 0.3) is 0 Å². The molecular formula is C20H12N4O2S. The van der Waals surface area contributed by atoms with E-state index in [1.54, 1.807) is 28.0 Å². The molecule has 0 saturated carbocycles. The van der Waals surface area contributed by atoms with Gasteiger partial charge in [-0.15, -0.1) is 21.5 Å². The minimum Gasteiger partial charge on any atom is -0.453 e. The van der Waals surface area contributed by atoms with Crippen LogP contribution >= 0.6 is 11.3 Å². The molecule has 0 radical (unpaired) electrons. The van der Waals surface area contributed by atoms with Crippen LogP contribution in [0, 0.1) is 0 Å². The van der Waals surface area contributed by atoms with E-state index >= 15 is 0 Å². The molecule has 0 aliphatic heterocycles. The first-order valence-corrected chi connectivity index (χ1v) is 9.12. The third-order valence-corrected chi connectivity index (χ3v) is 5.06. The summed E-state index contributed by atoms with van der Waals surface area (Å²) in [6.45, 7) is 0. The van der Waals surface area contributed by atoms with E-state index < -0.39 is 0 Å². The van der Waals surface area contributed by atoms with Gasteiger partial charge in [0.2, 0.25) is 0 Å². The van der Waals surface area contributed by atoms with Gasteiger partial charge >= 0.3 is 0 Å². The lowest BCUT2D eigenvalue weighted by Gasteiger charge is -2.04. The minimum atomic E-state index is 0.306. The summed E-state index contributed by atoms with van der Waals surface area (Å²) in [5, 5.41) is 15.2. The molecule has 5 rings (SSSR count). The van der Waals surface area contributed by atoms with Crippen molar-refractivity contribution in [2.45, 2.75) is 0 Å². The molecule has 0 N–H and O–H groups in total. The summed E-state index contributed by atoms with van der Waals surface area (Å²) in [5.41, 5.74) is 3.30. The zero-order chi connectivity index (χ0) is 18.2. The number of aldehydes is 1. The van der Waals surface area contributed by atoms with E-state index in [0.717, 1.165) is 27.5 Å². The van der Waals surface area contributed by atoms with E-state index in [0.29, 0.717) is 23.5 Å². The number of nitrogens with zero attached hydrogens (tertiary/aromatic N) is 4. The number of hydrogen-bond acceptors (Lipinski definition) is 6. The molecule has 27 heavy (non-hydrogen) atoms. The fourth-order valence-corrected chi connectivity index (χ4v) is 3.60. The van der Waals surface area contributed by atoms with Crippen molar-refractivity contribution in [1.82, 2.24) is 19.8 Å². The van der Waals surface area contributed by atoms with Gasteiger partial charge in [-0.3, -0.25) is 4.79 Å². The van der Waals surface area contributed by atoms with Crippen molar-refractivity contribution in [1.29, 1.82) is 0 Å². The minimum absolute atomic E-state index is 0.306. The molecule has 0 fully saturated rings. The number of carbonyl (C=O) groups is 1. The number of hydrogen-bond donors (Lipinski definition) is 0. The Balaban J connectivity index is 1.60. The highest BCUT2D eigenvalue weighted by molar-refractivity contribution is 7.13. The molecule has 0 saturated heterocycles. The van der Waals surface area contributed by atoms with Gasteiger partial charge in [0, 0.05) is 11.1 Å². The van der Waals surface area contributed by atoms with Crippen LogP contribution in [0.2, 0.25) is 0 Å². The van der Waals surface area contributed by atoms with Crippen LogP contribution in [0.5, 0.6) is 0 Å². The van der Waals surface area contributed by atoms with Crippen LogP contribution in [0.15, 0.2) is 70.5 Å². The molecule has 0 aliphatic rings. The highest BCUT2D eigenvalue weighted by Crippen LogP contribution is 2.28. The zero-order valence-electron chi connectivity index (χ0n) is 13.9. The van der Waals surface area contributed by atoms with Gasteiger partial charge in [-0.2, -0.15) is 9.61 Å². The third-order valence-electron chi connectivity index (χ3n) is 4.19. The Hall–Kier alpha value is -3.58. The summed E-state index contributed by atoms with van der Waals surface area (Å²) in [6.07, 6.45) is 0.695. The van der Waals surface area contributed by atoms with Gasteiger partial charge in [0.05, 0.1) is 10.6 Å². The van der Waals surface area contributed by atoms with Crippen molar-refractivity contribution in [3.63, 3.8) is 0 Å². The SMILES string of the molecule is O=Cc1ccc(-c2cccc(-c3ccc4nnc(-c5cccs5)n4n3)c2)o1. The topological polar surface area (TPSA) is 73.3 Å². The van der Waals surface area contributed by atoms with Crippen molar-refractivity contribution >= 4 is 23.3 Å². The molecule has 0 spiro atoms. The second kappa shape index (κ2) is 6.30. The van der Waals surface area contributed by atoms with Crippen molar-refractivity contribution in [2.75, 3.05) is 0 Å². The number of aromatic nitrogens is 4. The lowest BCUT2D eigenvalue weighted by atomic mass is 10.1. The summed E-state index contributed by atoms with van der Waals surface area (Å²) in [6, 6.07) is 19.1. The molecule has 0 unspecified atom stereocenters. The lowest BCUT2D eigenvalue weighted by Crippen LogP contribution is -1.96. The Morgan fingerprint density at radius 1 is 0.963 bits per heavy atom. The first-order valence-electron chi connectivity index (χ1n) is 8.24. The van der Waals surface area contributed by atoms with Crippen molar-refractivity contribution in [2.24, 2.45) is 0 Å². The Kier molecular flexibility index (Phi) is 3.65. The maximum Gasteiger partial charge on any atom is 0.195 e. The first-order chi connectivity index (χ1) is 13.3. The monoisotopic (exact) mass is 372 g/mol. The highest BCUT2D eigenvalue weighted by atomic mass is 32.1. The molecule has 4 heterocycles. The first kappa shape index (κ1) is 15.7. The standard InChI is InChI=1S/C20H12N4O2S/c25-12-15-6-8-17(26-15)14-4-1-3-13(11-14)16-7-9-19-21-22-20(24(19)23-16)18-5-2-10-27-18/h1-12H. The van der Waals surface area contributed by atoms with Gasteiger partial charge in [-0.05, 0) is 41.8 Å². The van der Waals surface area contributed by atoms with Gasteiger partial charge < -0.3 is 4.42 Å². The molecule has 7 heteroatoms. The smallest absolute Gasteiger partial charge is 0.195 e. The quantitative estimate of drug-likeness (QED) is 0.431. The van der Waals surface area contributed by atoms with Gasteiger partial charge in [-0.1, -0.05) is 24.3 Å². The van der Waals surface area contributed by atoms with Crippen molar-refractivity contribution < 1.29 is 9.21 Å². The Morgan fingerprint density at radius 2 is 1.89 bits per heavy atom. The molecule has 0 atom stereocenters. The highest BCUT2D eigenvalue weighted by Gasteiger charge is 2.12. The molecule has 130 valence electrons. The number of furan rings is 1. The largest absolute Gasteiger partial charge is 0.453 e. The van der Waals surface area contributed by atoms with Crippen molar-refractivity contribution in [3.8, 4) is 33.3 Å². The second-order valence-electron chi connectivity index (χ2n) is 5.89. The molecule has 5 aromatic rings. The zero-order valence-corrected chi connectivity index (χ0v) is 14.8. The summed E-state index contributed by atoms with van der Waals surface area (Å²) < 4.78 is 7.28. The third kappa shape index (κ3) is 2.74. The van der Waals surface area contributed by atoms with Gasteiger partial charge in [0.1, 0.15) is 5.76 Å². The van der Waals surface area contributed by atoms with E-state index in [9.17, 15) is 4.79 Å². The number of thiophene rings is 1. The van der Waals surface area contributed by atoms with E-state index in [1.807, 2.05) is 53.9 Å². The number of fused-ring (bicyclic) bond motifs is 1. The Labute approximate surface area is 157 Å². The van der Waals surface area contributed by atoms with E-state index in [-0.39, 0.29) is 0 Å². The number of benzene rings is 1. The molecule has 0 amide bonds. The normalized spacial score (nSPS) is 11.1. The summed E-state index contributed by atoms with van der Waals surface area (Å²) in [4.78, 5) is 11.9. The van der Waals surface area contributed by atoms with Crippen LogP contribution in [-0.2, 0) is 0 Å². The summed E-state index contributed by atoms with van der Waals surface area (Å²) in [7, 11) is 0. The molecule has 0 bridgehead atoms. The molecule has 1 aromatic carbocycles. The predicted octanol–water partition coefficient (Wildman–Crippen LogP) is 4.59. The lowest BCUT2D eigenvalue weighted by molar-refractivity contribution is 0.110. The van der Waals surface area contributed by atoms with Crippen LogP contribution in [-0.4, -0.2) is 26.1 Å². The van der Waals surface area contributed by atoms with Crippen LogP contribution in [0.4, 0.5) is 0 Å². The van der Waals surface area contributed by atoms with E-state index in [2.05, 4.69) is 10.2 Å². The number of rotatable bonds is 4. The molecule has 6 nitrogen and oxygen atoms in total. The number of carbonyl (C=O) groups excluding carboxylic acids is 1. The van der Waals surface area contributed by atoms with Crippen molar-refractivity contribution in [3.05, 3.63) is 71.8 Å². The molecular weight excluding hydrogens is 360 g/mol. The predicted molar refractivity (Wildman–Crippen MR) is 103 cm³/mol. The fraction of sp³-hybridized carbons (Fsp3) is 0. The summed E-state index contributed by atoms with van der Waals surface area (Å²) in [5.74, 6) is 1.67. The van der Waals surface area contributed by atoms with Crippen LogP contribution in [0.1, 0.15) is 10.6 Å². The van der Waals surface area contributed by atoms with Gasteiger partial charge in [0.15, 0.2) is 23.5 Å². The average Bonchev–Trinajstić information content (AvgIpc) is 3.47. The molecule has 4 aromatic heterocycles. The maximum absolute atomic E-state index is 10.9. The fourth-order valence-electron chi connectivity index (χ4n) is 2.91. The van der Waals surface area contributed by atoms with Crippen LogP contribution < -0.4 is 0 Å². The van der Waals surface area contributed by atoms with E-state index in [4.69, 9.17) is 9.52 Å². The van der Waals surface area contributed by atoms with Crippen LogP contribution in [0.3, 0.4) is 0 Å². The maximum atomic E-state index is 10.9. The molecule has 0 aliphatic carbocycles. The van der Waals surface area contributed by atoms with Gasteiger partial charge in [-0.25, -0.2) is 0 Å². The Bertz CT molecular complexity index is 1250. The van der Waals surface area contributed by atoms with E-state index in [1.165, 1.54) is 0 Å². The Morgan fingerprint density at radius 3 is 2.70 bits per heavy atom. The van der Waals surface area contributed by atoms with Crippen LogP contribution in [0.25, 0.3) is 38.9 Å². The average molecular weight is 372 g/mol. The second-order valence-corrected chi connectivity index (χ2v) is 6.84.